The summed E-state index contributed by atoms with van der Waals surface area (Å²) in [7, 11) is 3.37. The fourth-order valence-electron chi connectivity index (χ4n) is 3.05. The highest BCUT2D eigenvalue weighted by Crippen LogP contribution is 2.19. The van der Waals surface area contributed by atoms with Crippen molar-refractivity contribution in [2.45, 2.75) is 12.5 Å². The number of nitrogens with zero attached hydrogens (tertiary/aromatic N) is 2. The van der Waals surface area contributed by atoms with Crippen LogP contribution in [0.1, 0.15) is 6.42 Å². The van der Waals surface area contributed by atoms with Crippen LogP contribution in [0.5, 0.6) is 0 Å². The maximum atomic E-state index is 12.7. The van der Waals surface area contributed by atoms with Crippen LogP contribution in [-0.4, -0.2) is 55.0 Å². The number of amides is 2. The molecule has 1 aromatic carbocycles. The SMILES string of the molecule is COCCC1COCCN1C(=O)Nc1ccc2ccc(=O)n(C)c2c1. The van der Waals surface area contributed by atoms with E-state index in [1.807, 2.05) is 18.2 Å². The molecule has 0 radical (unpaired) electrons. The lowest BCUT2D eigenvalue weighted by Gasteiger charge is -2.35. The van der Waals surface area contributed by atoms with Crippen molar-refractivity contribution in [1.82, 2.24) is 9.47 Å². The zero-order valence-electron chi connectivity index (χ0n) is 14.5. The predicted octanol–water partition coefficient (Wildman–Crippen LogP) is 1.81. The van der Waals surface area contributed by atoms with Gasteiger partial charge in [0.05, 0.1) is 24.8 Å². The number of fused-ring (bicyclic) bond motifs is 1. The van der Waals surface area contributed by atoms with Crippen LogP contribution in [0, 0.1) is 0 Å². The van der Waals surface area contributed by atoms with Gasteiger partial charge in [-0.3, -0.25) is 4.79 Å². The molecular formula is C18H23N3O4. The van der Waals surface area contributed by atoms with Crippen LogP contribution in [0.3, 0.4) is 0 Å². The van der Waals surface area contributed by atoms with E-state index in [-0.39, 0.29) is 17.6 Å². The predicted molar refractivity (Wildman–Crippen MR) is 96.0 cm³/mol. The van der Waals surface area contributed by atoms with Crippen LogP contribution in [0.25, 0.3) is 10.9 Å². The number of morpholine rings is 1. The Bertz CT molecular complexity index is 818. The van der Waals surface area contributed by atoms with Gasteiger partial charge in [0.1, 0.15) is 0 Å². The van der Waals surface area contributed by atoms with E-state index >= 15 is 0 Å². The van der Waals surface area contributed by atoms with Crippen LogP contribution in [-0.2, 0) is 16.5 Å². The minimum absolute atomic E-state index is 0.00138. The Morgan fingerprint density at radius 2 is 2.16 bits per heavy atom. The van der Waals surface area contributed by atoms with Crippen molar-refractivity contribution in [3.05, 3.63) is 40.7 Å². The zero-order valence-corrected chi connectivity index (χ0v) is 14.5. The van der Waals surface area contributed by atoms with E-state index in [1.165, 1.54) is 6.07 Å². The summed E-state index contributed by atoms with van der Waals surface area (Å²) in [6.07, 6.45) is 0.732. The Kier molecular flexibility index (Phi) is 5.35. The molecule has 7 heteroatoms. The third kappa shape index (κ3) is 3.83. The highest BCUT2D eigenvalue weighted by molar-refractivity contribution is 5.92. The summed E-state index contributed by atoms with van der Waals surface area (Å²) in [6.45, 7) is 2.17. The summed E-state index contributed by atoms with van der Waals surface area (Å²) in [6, 6.07) is 8.71. The molecule has 7 nitrogen and oxygen atoms in total. The summed E-state index contributed by atoms with van der Waals surface area (Å²) in [5.41, 5.74) is 1.36. The first kappa shape index (κ1) is 17.4. The second-order valence-electron chi connectivity index (χ2n) is 6.14. The van der Waals surface area contributed by atoms with Gasteiger partial charge in [0.25, 0.3) is 5.56 Å². The van der Waals surface area contributed by atoms with Gasteiger partial charge in [-0.2, -0.15) is 0 Å². The van der Waals surface area contributed by atoms with E-state index in [9.17, 15) is 9.59 Å². The van der Waals surface area contributed by atoms with Crippen LogP contribution >= 0.6 is 0 Å². The molecule has 2 amide bonds. The Morgan fingerprint density at radius 1 is 1.36 bits per heavy atom. The third-order valence-corrected chi connectivity index (χ3v) is 4.52. The first-order valence-electron chi connectivity index (χ1n) is 8.34. The minimum atomic E-state index is -0.162. The number of pyridine rings is 1. The van der Waals surface area contributed by atoms with E-state index in [4.69, 9.17) is 9.47 Å². The molecule has 1 aliphatic heterocycles. The number of benzene rings is 1. The molecule has 1 unspecified atom stereocenters. The normalized spacial score (nSPS) is 17.7. The number of anilines is 1. The molecule has 1 N–H and O–H groups in total. The Balaban J connectivity index is 1.78. The van der Waals surface area contributed by atoms with Gasteiger partial charge in [0, 0.05) is 39.1 Å². The number of aryl methyl sites for hydroxylation is 1. The second-order valence-corrected chi connectivity index (χ2v) is 6.14. The van der Waals surface area contributed by atoms with E-state index in [0.717, 1.165) is 17.3 Å². The van der Waals surface area contributed by atoms with Crippen molar-refractivity contribution in [2.24, 2.45) is 7.05 Å². The van der Waals surface area contributed by atoms with Crippen LogP contribution < -0.4 is 10.9 Å². The summed E-state index contributed by atoms with van der Waals surface area (Å²) in [5.74, 6) is 0. The molecule has 25 heavy (non-hydrogen) atoms. The molecule has 1 aromatic heterocycles. The Morgan fingerprint density at radius 3 is 2.96 bits per heavy atom. The first-order valence-corrected chi connectivity index (χ1v) is 8.34. The molecule has 1 fully saturated rings. The summed E-state index contributed by atoms with van der Waals surface area (Å²) < 4.78 is 12.2. The van der Waals surface area contributed by atoms with Gasteiger partial charge in [-0.05, 0) is 30.0 Å². The Labute approximate surface area is 146 Å². The smallest absolute Gasteiger partial charge is 0.322 e. The topological polar surface area (TPSA) is 72.8 Å². The average Bonchev–Trinajstić information content (AvgIpc) is 2.63. The molecule has 0 aliphatic carbocycles. The number of urea groups is 1. The van der Waals surface area contributed by atoms with Gasteiger partial charge >= 0.3 is 6.03 Å². The second kappa shape index (κ2) is 7.67. The fourth-order valence-corrected chi connectivity index (χ4v) is 3.05. The van der Waals surface area contributed by atoms with Crippen molar-refractivity contribution in [3.8, 4) is 0 Å². The van der Waals surface area contributed by atoms with Gasteiger partial charge in [0.15, 0.2) is 0 Å². The lowest BCUT2D eigenvalue weighted by atomic mass is 10.1. The maximum Gasteiger partial charge on any atom is 0.322 e. The lowest BCUT2D eigenvalue weighted by molar-refractivity contribution is 0.00449. The molecule has 0 saturated carbocycles. The van der Waals surface area contributed by atoms with Gasteiger partial charge in [-0.15, -0.1) is 0 Å². The van der Waals surface area contributed by atoms with Gasteiger partial charge in [-0.25, -0.2) is 4.79 Å². The zero-order chi connectivity index (χ0) is 17.8. The van der Waals surface area contributed by atoms with Crippen molar-refractivity contribution in [1.29, 1.82) is 0 Å². The highest BCUT2D eigenvalue weighted by Gasteiger charge is 2.27. The van der Waals surface area contributed by atoms with Crippen molar-refractivity contribution in [2.75, 3.05) is 38.8 Å². The minimum Gasteiger partial charge on any atom is -0.385 e. The molecule has 2 aromatic rings. The molecular weight excluding hydrogens is 322 g/mol. The van der Waals surface area contributed by atoms with Crippen molar-refractivity contribution >= 4 is 22.6 Å². The molecule has 1 atom stereocenters. The quantitative estimate of drug-likeness (QED) is 0.917. The van der Waals surface area contributed by atoms with Crippen molar-refractivity contribution in [3.63, 3.8) is 0 Å². The number of hydrogen-bond donors (Lipinski definition) is 1. The number of methoxy groups -OCH3 is 1. The number of carbonyl (C=O) groups excluding carboxylic acids is 1. The lowest BCUT2D eigenvalue weighted by Crippen LogP contribution is -2.50. The largest absolute Gasteiger partial charge is 0.385 e. The number of hydrogen-bond acceptors (Lipinski definition) is 4. The molecule has 1 saturated heterocycles. The van der Waals surface area contributed by atoms with Crippen LogP contribution in [0.15, 0.2) is 35.1 Å². The third-order valence-electron chi connectivity index (χ3n) is 4.52. The van der Waals surface area contributed by atoms with E-state index < -0.39 is 0 Å². The maximum absolute atomic E-state index is 12.7. The molecule has 0 spiro atoms. The van der Waals surface area contributed by atoms with Crippen LogP contribution in [0.4, 0.5) is 10.5 Å². The number of ether oxygens (including phenoxy) is 2. The summed E-state index contributed by atoms with van der Waals surface area (Å²) in [5, 5.41) is 3.88. The number of carbonyl (C=O) groups is 1. The van der Waals surface area contributed by atoms with E-state index in [0.29, 0.717) is 32.1 Å². The number of aromatic nitrogens is 1. The van der Waals surface area contributed by atoms with Crippen molar-refractivity contribution < 1.29 is 14.3 Å². The van der Waals surface area contributed by atoms with E-state index in [1.54, 1.807) is 29.7 Å². The molecule has 3 rings (SSSR count). The average molecular weight is 345 g/mol. The van der Waals surface area contributed by atoms with Crippen LogP contribution in [0.2, 0.25) is 0 Å². The molecule has 0 bridgehead atoms. The van der Waals surface area contributed by atoms with Gasteiger partial charge in [0.2, 0.25) is 0 Å². The molecule has 2 heterocycles. The standard InChI is InChI=1S/C18H23N3O4/c1-20-16-11-14(5-3-13(16)4-6-17(20)22)19-18(23)21-8-10-25-12-15(21)7-9-24-2/h3-6,11,15H,7-10,12H2,1-2H3,(H,19,23). The fraction of sp³-hybridized carbons (Fsp3) is 0.444. The van der Waals surface area contributed by atoms with E-state index in [2.05, 4.69) is 5.32 Å². The number of rotatable bonds is 4. The monoisotopic (exact) mass is 345 g/mol. The summed E-state index contributed by atoms with van der Waals surface area (Å²) in [4.78, 5) is 26.3. The van der Waals surface area contributed by atoms with Gasteiger partial charge in [-0.1, -0.05) is 6.07 Å². The Hall–Kier alpha value is -2.38. The molecule has 134 valence electrons. The highest BCUT2D eigenvalue weighted by atomic mass is 16.5. The number of nitrogens with one attached hydrogen (secondary N) is 1. The summed E-state index contributed by atoms with van der Waals surface area (Å²) >= 11 is 0. The first-order chi connectivity index (χ1) is 12.1. The molecule has 1 aliphatic rings. The van der Waals surface area contributed by atoms with Gasteiger partial charge < -0.3 is 24.3 Å².